The summed E-state index contributed by atoms with van der Waals surface area (Å²) in [5, 5.41) is 2.83. The van der Waals surface area contributed by atoms with Gasteiger partial charge in [-0.05, 0) is 24.7 Å². The van der Waals surface area contributed by atoms with Crippen molar-refractivity contribution in [3.05, 3.63) is 0 Å². The van der Waals surface area contributed by atoms with Gasteiger partial charge in [-0.1, -0.05) is 13.8 Å². The summed E-state index contributed by atoms with van der Waals surface area (Å²) in [7, 11) is 0. The topological polar surface area (TPSA) is 38.3 Å². The second-order valence-electron chi connectivity index (χ2n) is 4.60. The maximum Gasteiger partial charge on any atom is 0.407 e. The molecule has 0 bridgehead atoms. The molecular weight excluding hydrogens is 154 g/mol. The van der Waals surface area contributed by atoms with Gasteiger partial charge in [0.2, 0.25) is 0 Å². The lowest BCUT2D eigenvalue weighted by Gasteiger charge is -2.35. The van der Waals surface area contributed by atoms with Crippen LogP contribution >= 0.6 is 0 Å². The van der Waals surface area contributed by atoms with Crippen LogP contribution in [0.25, 0.3) is 0 Å². The zero-order chi connectivity index (χ0) is 8.77. The maximum absolute atomic E-state index is 10.9. The monoisotopic (exact) mass is 169 g/mol. The number of carbonyl (C=O) groups excluding carboxylic acids is 1. The molecule has 2 rings (SSSR count). The maximum atomic E-state index is 10.9. The van der Waals surface area contributed by atoms with Gasteiger partial charge in [0.15, 0.2) is 0 Å². The summed E-state index contributed by atoms with van der Waals surface area (Å²) in [5.74, 6) is 0. The summed E-state index contributed by atoms with van der Waals surface area (Å²) < 4.78 is 5.15. The molecule has 2 aliphatic rings. The number of hydrogen-bond donors (Lipinski definition) is 1. The van der Waals surface area contributed by atoms with E-state index in [0.29, 0.717) is 5.41 Å². The Balaban J connectivity index is 2.06. The summed E-state index contributed by atoms with van der Waals surface area (Å²) in [6.45, 7) is 4.46. The zero-order valence-corrected chi connectivity index (χ0v) is 7.59. The van der Waals surface area contributed by atoms with Crippen molar-refractivity contribution in [2.24, 2.45) is 5.41 Å². The van der Waals surface area contributed by atoms with Gasteiger partial charge in [0.05, 0.1) is 6.04 Å². The first-order valence-corrected chi connectivity index (χ1v) is 4.54. The molecule has 2 atom stereocenters. The molecule has 1 aliphatic carbocycles. The second kappa shape index (κ2) is 2.38. The molecule has 1 N–H and O–H groups in total. The van der Waals surface area contributed by atoms with Crippen LogP contribution in [0, 0.1) is 5.41 Å². The number of rotatable bonds is 0. The number of carbonyl (C=O) groups is 1. The molecule has 0 aromatic heterocycles. The Labute approximate surface area is 72.5 Å². The third-order valence-corrected chi connectivity index (χ3v) is 2.90. The average Bonchev–Trinajstić information content (AvgIpc) is 2.26. The predicted molar refractivity (Wildman–Crippen MR) is 44.8 cm³/mol. The summed E-state index contributed by atoms with van der Waals surface area (Å²) in [5.41, 5.74) is 0.341. The lowest BCUT2D eigenvalue weighted by molar-refractivity contribution is 0.0664. The number of amides is 1. The molecule has 0 aromatic carbocycles. The lowest BCUT2D eigenvalue weighted by Crippen LogP contribution is -2.39. The van der Waals surface area contributed by atoms with Crippen LogP contribution in [0.5, 0.6) is 0 Å². The van der Waals surface area contributed by atoms with E-state index in [4.69, 9.17) is 4.74 Å². The first kappa shape index (κ1) is 7.90. The number of nitrogens with one attached hydrogen (secondary N) is 1. The number of alkyl carbamates (subject to hydrolysis) is 1. The Bertz CT molecular complexity index is 213. The molecule has 0 aromatic rings. The minimum absolute atomic E-state index is 0.126. The quantitative estimate of drug-likeness (QED) is 0.599. The molecule has 0 spiro atoms. The van der Waals surface area contributed by atoms with Crippen molar-refractivity contribution >= 4 is 6.09 Å². The van der Waals surface area contributed by atoms with Crippen LogP contribution in [0.1, 0.15) is 33.1 Å². The molecule has 3 heteroatoms. The molecule has 68 valence electrons. The molecule has 1 saturated heterocycles. The van der Waals surface area contributed by atoms with Gasteiger partial charge in [-0.2, -0.15) is 0 Å². The minimum Gasteiger partial charge on any atom is -0.444 e. The van der Waals surface area contributed by atoms with Crippen molar-refractivity contribution in [3.63, 3.8) is 0 Å². The summed E-state index contributed by atoms with van der Waals surface area (Å²) >= 11 is 0. The summed E-state index contributed by atoms with van der Waals surface area (Å²) in [4.78, 5) is 10.9. The van der Waals surface area contributed by atoms with Crippen molar-refractivity contribution in [3.8, 4) is 0 Å². The van der Waals surface area contributed by atoms with Crippen LogP contribution in [0.2, 0.25) is 0 Å². The molecule has 2 unspecified atom stereocenters. The van der Waals surface area contributed by atoms with Gasteiger partial charge in [-0.25, -0.2) is 4.79 Å². The Kier molecular flexibility index (Phi) is 1.56. The van der Waals surface area contributed by atoms with Crippen molar-refractivity contribution in [2.75, 3.05) is 0 Å². The molecule has 12 heavy (non-hydrogen) atoms. The Hall–Kier alpha value is -0.730. The first-order valence-electron chi connectivity index (χ1n) is 4.54. The SMILES string of the molecule is CC1(C)CCC2NC(=O)OC2C1. The average molecular weight is 169 g/mol. The standard InChI is InChI=1S/C9H15NO2/c1-9(2)4-3-6-7(5-9)12-8(11)10-6/h6-7H,3-5H2,1-2H3,(H,10,11). The highest BCUT2D eigenvalue weighted by Gasteiger charge is 2.41. The van der Waals surface area contributed by atoms with E-state index in [1.165, 1.54) is 6.42 Å². The second-order valence-corrected chi connectivity index (χ2v) is 4.60. The fourth-order valence-electron chi connectivity index (χ4n) is 2.13. The van der Waals surface area contributed by atoms with Crippen molar-refractivity contribution in [2.45, 2.75) is 45.3 Å². The Morgan fingerprint density at radius 2 is 2.33 bits per heavy atom. The largest absolute Gasteiger partial charge is 0.444 e. The van der Waals surface area contributed by atoms with E-state index in [2.05, 4.69) is 19.2 Å². The minimum atomic E-state index is -0.234. The van der Waals surface area contributed by atoms with Crippen LogP contribution in [0.15, 0.2) is 0 Å². The molecular formula is C9H15NO2. The lowest BCUT2D eigenvalue weighted by atomic mass is 9.74. The molecule has 3 nitrogen and oxygen atoms in total. The zero-order valence-electron chi connectivity index (χ0n) is 7.59. The fourth-order valence-corrected chi connectivity index (χ4v) is 2.13. The highest BCUT2D eigenvalue weighted by molar-refractivity contribution is 5.70. The normalized spacial score (nSPS) is 38.3. The molecule has 1 saturated carbocycles. The predicted octanol–water partition coefficient (Wildman–Crippen LogP) is 1.67. The van der Waals surface area contributed by atoms with Crippen molar-refractivity contribution in [1.29, 1.82) is 0 Å². The van der Waals surface area contributed by atoms with Gasteiger partial charge >= 0.3 is 6.09 Å². The summed E-state index contributed by atoms with van der Waals surface area (Å²) in [6.07, 6.45) is 3.13. The molecule has 1 heterocycles. The number of hydrogen-bond acceptors (Lipinski definition) is 2. The van der Waals surface area contributed by atoms with E-state index < -0.39 is 0 Å². The first-order chi connectivity index (χ1) is 5.57. The smallest absolute Gasteiger partial charge is 0.407 e. The van der Waals surface area contributed by atoms with Gasteiger partial charge in [0.25, 0.3) is 0 Å². The van der Waals surface area contributed by atoms with E-state index in [1.807, 2.05) is 0 Å². The van der Waals surface area contributed by atoms with Crippen LogP contribution in [-0.2, 0) is 4.74 Å². The molecule has 0 radical (unpaired) electrons. The van der Waals surface area contributed by atoms with E-state index in [-0.39, 0.29) is 18.2 Å². The summed E-state index contributed by atoms with van der Waals surface area (Å²) in [6, 6.07) is 0.283. The number of fused-ring (bicyclic) bond motifs is 1. The van der Waals surface area contributed by atoms with Crippen molar-refractivity contribution in [1.82, 2.24) is 5.32 Å². The molecule has 2 fully saturated rings. The Morgan fingerprint density at radius 1 is 1.58 bits per heavy atom. The molecule has 1 aliphatic heterocycles. The van der Waals surface area contributed by atoms with E-state index in [1.54, 1.807) is 0 Å². The fraction of sp³-hybridized carbons (Fsp3) is 0.889. The van der Waals surface area contributed by atoms with Crippen LogP contribution in [0.3, 0.4) is 0 Å². The van der Waals surface area contributed by atoms with E-state index >= 15 is 0 Å². The van der Waals surface area contributed by atoms with Crippen LogP contribution < -0.4 is 5.32 Å². The van der Waals surface area contributed by atoms with Crippen LogP contribution in [-0.4, -0.2) is 18.2 Å². The van der Waals surface area contributed by atoms with Crippen LogP contribution in [0.4, 0.5) is 4.79 Å². The van der Waals surface area contributed by atoms with E-state index in [9.17, 15) is 4.79 Å². The highest BCUT2D eigenvalue weighted by atomic mass is 16.6. The van der Waals surface area contributed by atoms with E-state index in [0.717, 1.165) is 12.8 Å². The highest BCUT2D eigenvalue weighted by Crippen LogP contribution is 2.38. The third kappa shape index (κ3) is 1.28. The molecule has 1 amide bonds. The van der Waals surface area contributed by atoms with Gasteiger partial charge in [0.1, 0.15) is 6.10 Å². The Morgan fingerprint density at radius 3 is 3.08 bits per heavy atom. The number of ether oxygens (including phenoxy) is 1. The van der Waals surface area contributed by atoms with Gasteiger partial charge < -0.3 is 10.1 Å². The van der Waals surface area contributed by atoms with Gasteiger partial charge in [0, 0.05) is 0 Å². The third-order valence-electron chi connectivity index (χ3n) is 2.90. The van der Waals surface area contributed by atoms with Gasteiger partial charge in [-0.3, -0.25) is 0 Å². The van der Waals surface area contributed by atoms with Gasteiger partial charge in [-0.15, -0.1) is 0 Å². The van der Waals surface area contributed by atoms with Crippen molar-refractivity contribution < 1.29 is 9.53 Å².